The fourth-order valence-electron chi connectivity index (χ4n) is 10.2. The highest BCUT2D eigenvalue weighted by atomic mass is 15.2. The summed E-state index contributed by atoms with van der Waals surface area (Å²) in [5.41, 5.74) is 16.6. The first-order valence-electron chi connectivity index (χ1n) is 20.4. The smallest absolute Gasteiger partial charge is 0.0727 e. The van der Waals surface area contributed by atoms with E-state index in [1.54, 1.807) is 0 Å². The molecule has 0 amide bonds. The zero-order valence-corrected chi connectivity index (χ0v) is 32.3. The van der Waals surface area contributed by atoms with E-state index in [2.05, 4.69) is 240 Å². The van der Waals surface area contributed by atoms with Gasteiger partial charge < -0.3 is 9.80 Å². The molecule has 1 spiro atoms. The van der Waals surface area contributed by atoms with E-state index in [-0.39, 0.29) is 0 Å². The summed E-state index contributed by atoms with van der Waals surface area (Å²) in [5, 5.41) is 4.88. The van der Waals surface area contributed by atoms with Gasteiger partial charge in [-0.05, 0) is 122 Å². The molecule has 10 aromatic carbocycles. The van der Waals surface area contributed by atoms with Gasteiger partial charge in [0.2, 0.25) is 0 Å². The van der Waals surface area contributed by atoms with Crippen molar-refractivity contribution in [2.45, 2.75) is 5.41 Å². The van der Waals surface area contributed by atoms with Crippen molar-refractivity contribution in [1.29, 1.82) is 0 Å². The molecule has 0 saturated heterocycles. The highest BCUT2D eigenvalue weighted by Crippen LogP contribution is 2.66. The molecule has 0 fully saturated rings. The number of fused-ring (bicyclic) bond motifs is 12. The van der Waals surface area contributed by atoms with Crippen LogP contribution in [0.5, 0.6) is 0 Å². The molecule has 276 valence electrons. The molecular weight excluding hydrogens is 713 g/mol. The third-order valence-electron chi connectivity index (χ3n) is 12.6. The summed E-state index contributed by atoms with van der Waals surface area (Å²) in [4.78, 5) is 4.90. The Morgan fingerprint density at radius 2 is 0.763 bits per heavy atom. The van der Waals surface area contributed by atoms with Crippen LogP contribution in [0.2, 0.25) is 0 Å². The Kier molecular flexibility index (Phi) is 7.48. The minimum atomic E-state index is -0.572. The van der Waals surface area contributed by atoms with Gasteiger partial charge in [0.15, 0.2) is 0 Å². The van der Waals surface area contributed by atoms with Crippen LogP contribution in [-0.4, -0.2) is 0 Å². The summed E-state index contributed by atoms with van der Waals surface area (Å²) in [6.07, 6.45) is 0. The molecule has 0 aromatic heterocycles. The van der Waals surface area contributed by atoms with Crippen LogP contribution in [0.3, 0.4) is 0 Å². The van der Waals surface area contributed by atoms with Gasteiger partial charge in [0, 0.05) is 39.4 Å². The maximum atomic E-state index is 2.51. The minimum absolute atomic E-state index is 0.572. The van der Waals surface area contributed by atoms with Gasteiger partial charge in [-0.1, -0.05) is 164 Å². The average Bonchev–Trinajstić information content (AvgIpc) is 3.77. The fraction of sp³-hybridized carbons (Fsp3) is 0.0175. The van der Waals surface area contributed by atoms with Gasteiger partial charge in [-0.3, -0.25) is 0 Å². The monoisotopic (exact) mass is 750 g/mol. The highest BCUT2D eigenvalue weighted by molar-refractivity contribution is 6.12. The standard InChI is InChI=1S/C57H38N2/c1-4-21-42(22-5-1)58(43-23-6-2-7-24-43)46-34-35-49-48-28-14-16-30-51(48)57(53(49)38-46)52-31-17-15-29-50(52)55-54(57)37-41-20-12-13-27-47(41)56(55)59(44-25-8-3-9-26-44)45-33-32-39-18-10-11-19-40(39)36-45/h1-38H. The Hall–Kier alpha value is -7.68. The van der Waals surface area contributed by atoms with Gasteiger partial charge in [-0.2, -0.15) is 0 Å². The van der Waals surface area contributed by atoms with Crippen LogP contribution < -0.4 is 9.80 Å². The van der Waals surface area contributed by atoms with Crippen molar-refractivity contribution < 1.29 is 0 Å². The average molecular weight is 751 g/mol. The second-order valence-electron chi connectivity index (χ2n) is 15.6. The Balaban J connectivity index is 1.20. The molecule has 1 atom stereocenters. The van der Waals surface area contributed by atoms with Crippen LogP contribution in [-0.2, 0) is 5.41 Å². The number of nitrogens with zero attached hydrogens (tertiary/aromatic N) is 2. The number of rotatable bonds is 6. The van der Waals surface area contributed by atoms with Gasteiger partial charge in [-0.25, -0.2) is 0 Å². The van der Waals surface area contributed by atoms with Crippen LogP contribution in [0, 0.1) is 0 Å². The molecule has 2 aliphatic carbocycles. The number of anilines is 6. The van der Waals surface area contributed by atoms with Crippen molar-refractivity contribution in [3.05, 3.63) is 253 Å². The van der Waals surface area contributed by atoms with Gasteiger partial charge in [0.25, 0.3) is 0 Å². The van der Waals surface area contributed by atoms with Gasteiger partial charge in [0.05, 0.1) is 11.1 Å². The molecule has 12 rings (SSSR count). The second kappa shape index (κ2) is 13.2. The van der Waals surface area contributed by atoms with Crippen molar-refractivity contribution in [3.8, 4) is 22.3 Å². The Labute approximate surface area is 344 Å². The molecule has 59 heavy (non-hydrogen) atoms. The fourth-order valence-corrected chi connectivity index (χ4v) is 10.2. The van der Waals surface area contributed by atoms with E-state index in [4.69, 9.17) is 0 Å². The van der Waals surface area contributed by atoms with Crippen LogP contribution >= 0.6 is 0 Å². The zero-order valence-electron chi connectivity index (χ0n) is 32.3. The van der Waals surface area contributed by atoms with E-state index < -0.39 is 5.41 Å². The molecule has 1 unspecified atom stereocenters. The Bertz CT molecular complexity index is 3190. The lowest BCUT2D eigenvalue weighted by molar-refractivity contribution is 0.795. The van der Waals surface area contributed by atoms with Crippen molar-refractivity contribution >= 4 is 55.7 Å². The topological polar surface area (TPSA) is 6.48 Å². The quantitative estimate of drug-likeness (QED) is 0.167. The van der Waals surface area contributed by atoms with E-state index in [1.807, 2.05) is 0 Å². The van der Waals surface area contributed by atoms with Crippen LogP contribution in [0.25, 0.3) is 43.8 Å². The minimum Gasteiger partial charge on any atom is -0.310 e. The third kappa shape index (κ3) is 4.93. The lowest BCUT2D eigenvalue weighted by Crippen LogP contribution is -2.26. The SMILES string of the molecule is c1ccc(N(c2ccccc2)c2ccc3c(c2)C2(c4ccccc4-3)c3ccccc3-c3c2cc2ccccc2c3N(c2ccccc2)c2ccc3ccccc3c2)cc1. The molecular formula is C57H38N2. The maximum Gasteiger partial charge on any atom is 0.0727 e. The van der Waals surface area contributed by atoms with E-state index in [0.29, 0.717) is 0 Å². The summed E-state index contributed by atoms with van der Waals surface area (Å²) in [6.45, 7) is 0. The highest BCUT2D eigenvalue weighted by Gasteiger charge is 2.53. The molecule has 2 aliphatic rings. The molecule has 2 heteroatoms. The molecule has 0 N–H and O–H groups in total. The molecule has 0 aliphatic heterocycles. The normalized spacial score (nSPS) is 14.5. The number of hydrogen-bond donors (Lipinski definition) is 0. The lowest BCUT2D eigenvalue weighted by Gasteiger charge is -2.33. The first-order chi connectivity index (χ1) is 29.3. The second-order valence-corrected chi connectivity index (χ2v) is 15.6. The maximum absolute atomic E-state index is 2.51. The lowest BCUT2D eigenvalue weighted by atomic mass is 9.70. The van der Waals surface area contributed by atoms with Gasteiger partial charge in [-0.15, -0.1) is 0 Å². The van der Waals surface area contributed by atoms with E-state index >= 15 is 0 Å². The summed E-state index contributed by atoms with van der Waals surface area (Å²) in [6, 6.07) is 84.9. The first-order valence-corrected chi connectivity index (χ1v) is 20.4. The Morgan fingerprint density at radius 1 is 0.271 bits per heavy atom. The summed E-state index contributed by atoms with van der Waals surface area (Å²) in [5.74, 6) is 0. The number of benzene rings is 10. The first kappa shape index (κ1) is 33.5. The van der Waals surface area contributed by atoms with E-state index in [9.17, 15) is 0 Å². The summed E-state index contributed by atoms with van der Waals surface area (Å²) < 4.78 is 0. The molecule has 10 aromatic rings. The van der Waals surface area contributed by atoms with Crippen LogP contribution in [0.1, 0.15) is 22.3 Å². The summed E-state index contributed by atoms with van der Waals surface area (Å²) in [7, 11) is 0. The molecule has 0 heterocycles. The third-order valence-corrected chi connectivity index (χ3v) is 12.6. The predicted octanol–water partition coefficient (Wildman–Crippen LogP) is 15.3. The van der Waals surface area contributed by atoms with Crippen LogP contribution in [0.4, 0.5) is 34.1 Å². The molecule has 0 bridgehead atoms. The number of para-hydroxylation sites is 3. The zero-order chi connectivity index (χ0) is 38.9. The van der Waals surface area contributed by atoms with Crippen LogP contribution in [0.15, 0.2) is 231 Å². The molecule has 0 radical (unpaired) electrons. The van der Waals surface area contributed by atoms with Crippen molar-refractivity contribution in [1.82, 2.24) is 0 Å². The molecule has 2 nitrogen and oxygen atoms in total. The van der Waals surface area contributed by atoms with Crippen molar-refractivity contribution in [2.24, 2.45) is 0 Å². The Morgan fingerprint density at radius 3 is 1.46 bits per heavy atom. The largest absolute Gasteiger partial charge is 0.310 e. The van der Waals surface area contributed by atoms with Crippen molar-refractivity contribution in [3.63, 3.8) is 0 Å². The van der Waals surface area contributed by atoms with E-state index in [1.165, 1.54) is 71.7 Å². The van der Waals surface area contributed by atoms with Crippen molar-refractivity contribution in [2.75, 3.05) is 9.80 Å². The van der Waals surface area contributed by atoms with Gasteiger partial charge in [0.1, 0.15) is 0 Å². The van der Waals surface area contributed by atoms with E-state index in [0.717, 1.165) is 28.4 Å². The number of hydrogen-bond acceptors (Lipinski definition) is 2. The predicted molar refractivity (Wildman–Crippen MR) is 247 cm³/mol. The summed E-state index contributed by atoms with van der Waals surface area (Å²) >= 11 is 0. The van der Waals surface area contributed by atoms with Gasteiger partial charge >= 0.3 is 0 Å². The molecule has 0 saturated carbocycles.